The first-order chi connectivity index (χ1) is 7.16. The largest absolute Gasteiger partial charge is 0.465 e. The van der Waals surface area contributed by atoms with E-state index in [0.717, 1.165) is 5.56 Å². The fraction of sp³-hybridized carbons (Fsp3) is 0.333. The van der Waals surface area contributed by atoms with E-state index in [2.05, 4.69) is 0 Å². The predicted molar refractivity (Wildman–Crippen MR) is 54.8 cm³/mol. The number of carbonyl (C=O) groups excluding carboxylic acids is 2. The van der Waals surface area contributed by atoms with Gasteiger partial charge in [0.05, 0.1) is 13.0 Å². The molecule has 3 nitrogen and oxygen atoms in total. The highest BCUT2D eigenvalue weighted by atomic mass is 16.5. The molecule has 0 spiro atoms. The van der Waals surface area contributed by atoms with Gasteiger partial charge < -0.3 is 4.74 Å². The second-order valence-corrected chi connectivity index (χ2v) is 3.76. The van der Waals surface area contributed by atoms with Crippen LogP contribution in [0.5, 0.6) is 0 Å². The number of cyclic esters (lactones) is 1. The lowest BCUT2D eigenvalue weighted by Crippen LogP contribution is -1.99. The van der Waals surface area contributed by atoms with E-state index in [0.29, 0.717) is 18.6 Å². The van der Waals surface area contributed by atoms with Gasteiger partial charge in [-0.2, -0.15) is 0 Å². The Bertz CT molecular complexity index is 392. The minimum absolute atomic E-state index is 0.0558. The first-order valence-electron chi connectivity index (χ1n) is 4.93. The highest BCUT2D eigenvalue weighted by molar-refractivity contribution is 5.94. The number of esters is 1. The van der Waals surface area contributed by atoms with Crippen molar-refractivity contribution in [1.29, 1.82) is 0 Å². The smallest absolute Gasteiger partial charge is 0.306 e. The molecule has 0 aliphatic carbocycles. The molecule has 2 rings (SSSR count). The molecule has 0 bridgehead atoms. The fourth-order valence-electron chi connectivity index (χ4n) is 1.72. The van der Waals surface area contributed by atoms with Gasteiger partial charge in [0.15, 0.2) is 5.78 Å². The lowest BCUT2D eigenvalue weighted by molar-refractivity contribution is -0.137. The third-order valence-electron chi connectivity index (χ3n) is 2.65. The van der Waals surface area contributed by atoms with Gasteiger partial charge in [-0.3, -0.25) is 9.59 Å². The third kappa shape index (κ3) is 2.06. The van der Waals surface area contributed by atoms with Crippen LogP contribution in [0.3, 0.4) is 0 Å². The maximum atomic E-state index is 11.1. The van der Waals surface area contributed by atoms with Gasteiger partial charge in [-0.1, -0.05) is 24.3 Å². The summed E-state index contributed by atoms with van der Waals surface area (Å²) in [5.41, 5.74) is 1.76. The summed E-state index contributed by atoms with van der Waals surface area (Å²) in [5.74, 6) is 0.0643. The highest BCUT2D eigenvalue weighted by Gasteiger charge is 2.24. The molecule has 0 amide bonds. The van der Waals surface area contributed by atoms with E-state index >= 15 is 0 Å². The zero-order valence-corrected chi connectivity index (χ0v) is 8.53. The van der Waals surface area contributed by atoms with E-state index < -0.39 is 0 Å². The van der Waals surface area contributed by atoms with E-state index in [9.17, 15) is 9.59 Å². The molecule has 0 saturated carbocycles. The van der Waals surface area contributed by atoms with Crippen LogP contribution in [0.2, 0.25) is 0 Å². The first kappa shape index (κ1) is 9.90. The zero-order valence-electron chi connectivity index (χ0n) is 8.53. The fourth-order valence-corrected chi connectivity index (χ4v) is 1.72. The number of Topliss-reactive ketones (excluding diaryl/α,β-unsaturated/α-hetero) is 1. The van der Waals surface area contributed by atoms with Crippen molar-refractivity contribution in [2.24, 2.45) is 0 Å². The van der Waals surface area contributed by atoms with Crippen molar-refractivity contribution in [3.8, 4) is 0 Å². The topological polar surface area (TPSA) is 43.4 Å². The van der Waals surface area contributed by atoms with Gasteiger partial charge in [-0.05, 0) is 12.5 Å². The van der Waals surface area contributed by atoms with Crippen LogP contribution in [0.4, 0.5) is 0 Å². The van der Waals surface area contributed by atoms with Crippen molar-refractivity contribution in [1.82, 2.24) is 0 Å². The van der Waals surface area contributed by atoms with E-state index in [1.165, 1.54) is 6.92 Å². The Balaban J connectivity index is 2.17. The molecule has 0 aromatic heterocycles. The summed E-state index contributed by atoms with van der Waals surface area (Å²) in [6.45, 7) is 2.00. The molecule has 1 atom stereocenters. The minimum Gasteiger partial charge on any atom is -0.465 e. The lowest BCUT2D eigenvalue weighted by Gasteiger charge is -2.06. The molecule has 1 unspecified atom stereocenters. The number of hydrogen-bond donors (Lipinski definition) is 0. The van der Waals surface area contributed by atoms with E-state index in [4.69, 9.17) is 4.74 Å². The van der Waals surface area contributed by atoms with Gasteiger partial charge in [0.1, 0.15) is 0 Å². The summed E-state index contributed by atoms with van der Waals surface area (Å²) in [6.07, 6.45) is 0.444. The van der Waals surface area contributed by atoms with Gasteiger partial charge in [-0.15, -0.1) is 0 Å². The molecule has 78 valence electrons. The van der Waals surface area contributed by atoms with Gasteiger partial charge in [0.25, 0.3) is 0 Å². The SMILES string of the molecule is CC(=O)c1ccc(C2COC(=O)C2)cc1. The van der Waals surface area contributed by atoms with Crippen molar-refractivity contribution in [3.05, 3.63) is 35.4 Å². The normalized spacial score (nSPS) is 20.1. The standard InChI is InChI=1S/C12H12O3/c1-8(13)9-2-4-10(5-3-9)11-6-12(14)15-7-11/h2-5,11H,6-7H2,1H3. The average Bonchev–Trinajstić information content (AvgIpc) is 2.65. The number of benzene rings is 1. The van der Waals surface area contributed by atoms with Gasteiger partial charge in [-0.25, -0.2) is 0 Å². The molecule has 0 radical (unpaired) electrons. The molecule has 1 fully saturated rings. The summed E-state index contributed by atoms with van der Waals surface area (Å²) < 4.78 is 4.89. The second kappa shape index (κ2) is 3.85. The van der Waals surface area contributed by atoms with Gasteiger partial charge in [0, 0.05) is 11.5 Å². The summed E-state index contributed by atoms with van der Waals surface area (Å²) in [4.78, 5) is 22.0. The Hall–Kier alpha value is -1.64. The summed E-state index contributed by atoms with van der Waals surface area (Å²) in [7, 11) is 0. The van der Waals surface area contributed by atoms with Crippen LogP contribution < -0.4 is 0 Å². The molecule has 0 N–H and O–H groups in total. The molecule has 1 aliphatic heterocycles. The Labute approximate surface area is 88.1 Å². The maximum absolute atomic E-state index is 11.1. The number of hydrogen-bond acceptors (Lipinski definition) is 3. The third-order valence-corrected chi connectivity index (χ3v) is 2.65. The van der Waals surface area contributed by atoms with Crippen molar-refractivity contribution >= 4 is 11.8 Å². The number of rotatable bonds is 2. The van der Waals surface area contributed by atoms with Crippen LogP contribution >= 0.6 is 0 Å². The Morgan fingerprint density at radius 3 is 2.47 bits per heavy atom. The molecule has 3 heteroatoms. The molecule has 1 aliphatic rings. The summed E-state index contributed by atoms with van der Waals surface area (Å²) >= 11 is 0. The number of carbonyl (C=O) groups is 2. The van der Waals surface area contributed by atoms with E-state index in [-0.39, 0.29) is 17.7 Å². The van der Waals surface area contributed by atoms with E-state index in [1.807, 2.05) is 12.1 Å². The molecule has 1 aromatic carbocycles. The Morgan fingerprint density at radius 1 is 1.33 bits per heavy atom. The van der Waals surface area contributed by atoms with Crippen molar-refractivity contribution in [2.75, 3.05) is 6.61 Å². The first-order valence-corrected chi connectivity index (χ1v) is 4.93. The molecule has 15 heavy (non-hydrogen) atoms. The van der Waals surface area contributed by atoms with Crippen LogP contribution in [0, 0.1) is 0 Å². The van der Waals surface area contributed by atoms with Crippen molar-refractivity contribution < 1.29 is 14.3 Å². The number of ketones is 1. The highest BCUT2D eigenvalue weighted by Crippen LogP contribution is 2.26. The molecular formula is C12H12O3. The summed E-state index contributed by atoms with van der Waals surface area (Å²) in [5, 5.41) is 0. The van der Waals surface area contributed by atoms with Crippen LogP contribution in [-0.2, 0) is 9.53 Å². The van der Waals surface area contributed by atoms with Crippen molar-refractivity contribution in [2.45, 2.75) is 19.3 Å². The van der Waals surface area contributed by atoms with Crippen LogP contribution in [0.1, 0.15) is 35.2 Å². The predicted octanol–water partition coefficient (Wildman–Crippen LogP) is 1.92. The Kier molecular flexibility index (Phi) is 2.54. The molecule has 1 saturated heterocycles. The monoisotopic (exact) mass is 204 g/mol. The lowest BCUT2D eigenvalue weighted by atomic mass is 9.97. The van der Waals surface area contributed by atoms with Gasteiger partial charge >= 0.3 is 5.97 Å². The Morgan fingerprint density at radius 2 is 2.00 bits per heavy atom. The second-order valence-electron chi connectivity index (χ2n) is 3.76. The zero-order chi connectivity index (χ0) is 10.8. The maximum Gasteiger partial charge on any atom is 0.306 e. The van der Waals surface area contributed by atoms with Crippen molar-refractivity contribution in [3.63, 3.8) is 0 Å². The summed E-state index contributed by atoms with van der Waals surface area (Å²) in [6, 6.07) is 7.37. The molecule has 1 aromatic rings. The minimum atomic E-state index is -0.143. The van der Waals surface area contributed by atoms with Crippen LogP contribution in [0.25, 0.3) is 0 Å². The van der Waals surface area contributed by atoms with Gasteiger partial charge in [0.2, 0.25) is 0 Å². The molecular weight excluding hydrogens is 192 g/mol. The molecule has 1 heterocycles. The number of ether oxygens (including phenoxy) is 1. The van der Waals surface area contributed by atoms with Crippen LogP contribution in [0.15, 0.2) is 24.3 Å². The quantitative estimate of drug-likeness (QED) is 0.546. The van der Waals surface area contributed by atoms with Crippen LogP contribution in [-0.4, -0.2) is 18.4 Å². The van der Waals surface area contributed by atoms with E-state index in [1.54, 1.807) is 12.1 Å². The average molecular weight is 204 g/mol.